The van der Waals surface area contributed by atoms with Gasteiger partial charge in [-0.3, -0.25) is 4.68 Å². The van der Waals surface area contributed by atoms with Crippen molar-refractivity contribution in [1.29, 1.82) is 0 Å². The summed E-state index contributed by atoms with van der Waals surface area (Å²) in [6.07, 6.45) is 0. The van der Waals surface area contributed by atoms with Crippen molar-refractivity contribution in [2.75, 3.05) is 0 Å². The molecule has 0 aliphatic carbocycles. The zero-order chi connectivity index (χ0) is 12.4. The molecular weight excluding hydrogens is 256 g/mol. The van der Waals surface area contributed by atoms with Gasteiger partial charge < -0.3 is 0 Å². The fourth-order valence-corrected chi connectivity index (χ4v) is 2.66. The van der Waals surface area contributed by atoms with Crippen LogP contribution < -0.4 is 0 Å². The molecule has 90 valence electrons. The summed E-state index contributed by atoms with van der Waals surface area (Å²) in [5, 5.41) is 5.88. The van der Waals surface area contributed by atoms with Gasteiger partial charge in [0.15, 0.2) is 0 Å². The quantitative estimate of drug-likeness (QED) is 0.634. The molecule has 0 aliphatic heterocycles. The molecule has 0 amide bonds. The molecule has 0 aliphatic rings. The molecule has 0 spiro atoms. The second-order valence-electron chi connectivity index (χ2n) is 3.78. The molecule has 4 nitrogen and oxygen atoms in total. The summed E-state index contributed by atoms with van der Waals surface area (Å²) < 4.78 is 1.86. The summed E-state index contributed by atoms with van der Waals surface area (Å²) in [6, 6.07) is 3.80. The maximum atomic E-state index is 5.89. The Hall–Kier alpha value is -1.07. The first-order chi connectivity index (χ1) is 8.04. The zero-order valence-corrected chi connectivity index (χ0v) is 11.5. The second-order valence-corrected chi connectivity index (χ2v) is 5.17. The Labute approximate surface area is 109 Å². The SMILES string of the molecule is Cc1cc(Cl)nc(CSc2cc(C)nn2C)n1. The van der Waals surface area contributed by atoms with Gasteiger partial charge in [0.2, 0.25) is 0 Å². The first-order valence-electron chi connectivity index (χ1n) is 5.18. The van der Waals surface area contributed by atoms with E-state index >= 15 is 0 Å². The summed E-state index contributed by atoms with van der Waals surface area (Å²) >= 11 is 7.54. The molecule has 0 unspecified atom stereocenters. The van der Waals surface area contributed by atoms with Crippen LogP contribution in [0.5, 0.6) is 0 Å². The number of halogens is 1. The Morgan fingerprint density at radius 1 is 1.24 bits per heavy atom. The highest BCUT2D eigenvalue weighted by molar-refractivity contribution is 7.98. The highest BCUT2D eigenvalue weighted by Crippen LogP contribution is 2.22. The van der Waals surface area contributed by atoms with Crippen molar-refractivity contribution in [3.63, 3.8) is 0 Å². The number of aryl methyl sites for hydroxylation is 3. The van der Waals surface area contributed by atoms with Crippen LogP contribution in [0.15, 0.2) is 17.2 Å². The predicted molar refractivity (Wildman–Crippen MR) is 69.3 cm³/mol. The lowest BCUT2D eigenvalue weighted by molar-refractivity contribution is 0.692. The summed E-state index contributed by atoms with van der Waals surface area (Å²) in [6.45, 7) is 3.89. The zero-order valence-electron chi connectivity index (χ0n) is 9.94. The Bertz CT molecular complexity index is 518. The van der Waals surface area contributed by atoms with Gasteiger partial charge in [0, 0.05) is 12.7 Å². The van der Waals surface area contributed by atoms with Crippen molar-refractivity contribution in [1.82, 2.24) is 19.7 Å². The Morgan fingerprint density at radius 2 is 2.00 bits per heavy atom. The van der Waals surface area contributed by atoms with Gasteiger partial charge in [0.1, 0.15) is 11.0 Å². The molecule has 0 aromatic carbocycles. The van der Waals surface area contributed by atoms with Gasteiger partial charge in [0.05, 0.1) is 16.5 Å². The molecule has 6 heteroatoms. The number of thioether (sulfide) groups is 1. The Kier molecular flexibility index (Phi) is 3.69. The second kappa shape index (κ2) is 5.06. The topological polar surface area (TPSA) is 43.6 Å². The van der Waals surface area contributed by atoms with Crippen LogP contribution in [0, 0.1) is 13.8 Å². The van der Waals surface area contributed by atoms with Crippen LogP contribution in [0.25, 0.3) is 0 Å². The average molecular weight is 269 g/mol. The van der Waals surface area contributed by atoms with Gasteiger partial charge in [-0.2, -0.15) is 5.10 Å². The maximum Gasteiger partial charge on any atom is 0.140 e. The van der Waals surface area contributed by atoms with Gasteiger partial charge in [-0.1, -0.05) is 23.4 Å². The van der Waals surface area contributed by atoms with Crippen molar-refractivity contribution in [3.05, 3.63) is 34.5 Å². The molecular formula is C11H13ClN4S. The third kappa shape index (κ3) is 3.20. The molecule has 17 heavy (non-hydrogen) atoms. The van der Waals surface area contributed by atoms with Gasteiger partial charge >= 0.3 is 0 Å². The van der Waals surface area contributed by atoms with E-state index in [1.807, 2.05) is 31.6 Å². The van der Waals surface area contributed by atoms with Crippen LogP contribution in [0.3, 0.4) is 0 Å². The monoisotopic (exact) mass is 268 g/mol. The van der Waals surface area contributed by atoms with E-state index in [1.165, 1.54) is 0 Å². The van der Waals surface area contributed by atoms with E-state index in [0.717, 1.165) is 22.2 Å². The lowest BCUT2D eigenvalue weighted by Gasteiger charge is -2.02. The number of hydrogen-bond donors (Lipinski definition) is 0. The normalized spacial score (nSPS) is 10.8. The van der Waals surface area contributed by atoms with E-state index in [1.54, 1.807) is 17.8 Å². The third-order valence-electron chi connectivity index (χ3n) is 2.18. The standard InChI is InChI=1S/C11H13ClN4S/c1-7-4-9(12)14-10(13-7)6-17-11-5-8(2)15-16(11)3/h4-5H,6H2,1-3H3. The van der Waals surface area contributed by atoms with E-state index in [0.29, 0.717) is 10.9 Å². The minimum absolute atomic E-state index is 0.495. The van der Waals surface area contributed by atoms with E-state index in [4.69, 9.17) is 11.6 Å². The molecule has 2 rings (SSSR count). The van der Waals surface area contributed by atoms with Crippen LogP contribution in [-0.2, 0) is 12.8 Å². The van der Waals surface area contributed by atoms with E-state index in [9.17, 15) is 0 Å². The molecule has 0 fully saturated rings. The van der Waals surface area contributed by atoms with Gasteiger partial charge in [-0.15, -0.1) is 0 Å². The molecule has 0 N–H and O–H groups in total. The van der Waals surface area contributed by atoms with Gasteiger partial charge in [0.25, 0.3) is 0 Å². The first kappa shape index (κ1) is 12.4. The fraction of sp³-hybridized carbons (Fsp3) is 0.364. The largest absolute Gasteiger partial charge is 0.262 e. The molecule has 0 saturated carbocycles. The highest BCUT2D eigenvalue weighted by atomic mass is 35.5. The number of aromatic nitrogens is 4. The van der Waals surface area contributed by atoms with Crippen LogP contribution in [-0.4, -0.2) is 19.7 Å². The van der Waals surface area contributed by atoms with Crippen LogP contribution in [0.2, 0.25) is 5.15 Å². The summed E-state index contributed by atoms with van der Waals surface area (Å²) in [5.41, 5.74) is 1.90. The summed E-state index contributed by atoms with van der Waals surface area (Å²) in [5.74, 6) is 1.44. The Balaban J connectivity index is 2.09. The summed E-state index contributed by atoms with van der Waals surface area (Å²) in [4.78, 5) is 8.53. The first-order valence-corrected chi connectivity index (χ1v) is 6.54. The van der Waals surface area contributed by atoms with Crippen molar-refractivity contribution >= 4 is 23.4 Å². The lowest BCUT2D eigenvalue weighted by Crippen LogP contribution is -1.97. The van der Waals surface area contributed by atoms with Crippen LogP contribution >= 0.6 is 23.4 Å². The van der Waals surface area contributed by atoms with Gasteiger partial charge in [-0.25, -0.2) is 9.97 Å². The van der Waals surface area contributed by atoms with Gasteiger partial charge in [-0.05, 0) is 26.0 Å². The predicted octanol–water partition coefficient (Wildman–Crippen LogP) is 2.77. The van der Waals surface area contributed by atoms with Crippen molar-refractivity contribution in [3.8, 4) is 0 Å². The number of nitrogens with zero attached hydrogens (tertiary/aromatic N) is 4. The minimum atomic E-state index is 0.495. The van der Waals surface area contributed by atoms with E-state index in [2.05, 4.69) is 15.1 Å². The molecule has 0 saturated heterocycles. The molecule has 2 aromatic rings. The lowest BCUT2D eigenvalue weighted by atomic mass is 10.4. The maximum absolute atomic E-state index is 5.89. The molecule has 0 radical (unpaired) electrons. The Morgan fingerprint density at radius 3 is 2.59 bits per heavy atom. The molecule has 0 atom stereocenters. The average Bonchev–Trinajstić information content (AvgIpc) is 2.53. The molecule has 2 heterocycles. The number of rotatable bonds is 3. The van der Waals surface area contributed by atoms with Crippen molar-refractivity contribution in [2.24, 2.45) is 7.05 Å². The fourth-order valence-electron chi connectivity index (χ4n) is 1.51. The minimum Gasteiger partial charge on any atom is -0.262 e. The van der Waals surface area contributed by atoms with E-state index < -0.39 is 0 Å². The summed E-state index contributed by atoms with van der Waals surface area (Å²) in [7, 11) is 1.93. The molecule has 2 aromatic heterocycles. The third-order valence-corrected chi connectivity index (χ3v) is 3.45. The number of hydrogen-bond acceptors (Lipinski definition) is 4. The molecule has 0 bridgehead atoms. The van der Waals surface area contributed by atoms with Crippen molar-refractivity contribution < 1.29 is 0 Å². The van der Waals surface area contributed by atoms with Crippen LogP contribution in [0.1, 0.15) is 17.2 Å². The highest BCUT2D eigenvalue weighted by Gasteiger charge is 2.06. The van der Waals surface area contributed by atoms with Crippen LogP contribution in [0.4, 0.5) is 0 Å². The van der Waals surface area contributed by atoms with E-state index in [-0.39, 0.29) is 0 Å². The van der Waals surface area contributed by atoms with Crippen molar-refractivity contribution in [2.45, 2.75) is 24.6 Å². The smallest absolute Gasteiger partial charge is 0.140 e.